The minimum Gasteiger partial charge on any atom is -0.326 e. The van der Waals surface area contributed by atoms with E-state index >= 15 is 0 Å². The van der Waals surface area contributed by atoms with Crippen molar-refractivity contribution in [2.24, 2.45) is 0 Å². The molecule has 0 spiro atoms. The largest absolute Gasteiger partial charge is 0.326 e. The first kappa shape index (κ1) is 20.4. The second-order valence-electron chi connectivity index (χ2n) is 6.52. The number of hydrogen-bond acceptors (Lipinski definition) is 3. The molecule has 2 aromatic carbocycles. The van der Waals surface area contributed by atoms with Gasteiger partial charge in [-0.05, 0) is 41.3 Å². The maximum atomic E-state index is 12.4. The van der Waals surface area contributed by atoms with Crippen LogP contribution in [0.5, 0.6) is 0 Å². The van der Waals surface area contributed by atoms with Gasteiger partial charge in [0.15, 0.2) is 0 Å². The molecule has 7 heteroatoms. The Labute approximate surface area is 159 Å². The molecule has 0 fully saturated rings. The van der Waals surface area contributed by atoms with Gasteiger partial charge in [0.25, 0.3) is 0 Å². The molecule has 0 saturated heterocycles. The highest BCUT2D eigenvalue weighted by molar-refractivity contribution is 7.88. The summed E-state index contributed by atoms with van der Waals surface area (Å²) < 4.78 is 25.8. The molecule has 1 atom stereocenters. The smallest absolute Gasteiger partial charge is 0.226 e. The maximum absolute atomic E-state index is 12.4. The Morgan fingerprint density at radius 1 is 1.00 bits per heavy atom. The van der Waals surface area contributed by atoms with Crippen molar-refractivity contribution in [3.8, 4) is 0 Å². The number of carbonyl (C=O) groups is 1. The zero-order chi connectivity index (χ0) is 19.3. The van der Waals surface area contributed by atoms with Crippen LogP contribution in [0.25, 0.3) is 0 Å². The second kappa shape index (κ2) is 8.66. The lowest BCUT2D eigenvalue weighted by molar-refractivity contribution is -0.116. The van der Waals surface area contributed by atoms with E-state index < -0.39 is 16.1 Å². The monoisotopic (exact) mass is 394 g/mol. The summed E-state index contributed by atoms with van der Waals surface area (Å²) in [6.07, 6.45) is 1.04. The summed E-state index contributed by atoms with van der Waals surface area (Å²) in [5, 5.41) is 3.35. The number of amides is 1. The summed E-state index contributed by atoms with van der Waals surface area (Å²) in [7, 11) is -3.48. The molecule has 0 aliphatic heterocycles. The quantitative estimate of drug-likeness (QED) is 0.742. The highest BCUT2D eigenvalue weighted by Crippen LogP contribution is 2.22. The standard InChI is InChI=1S/C19H23ClN2O3S/c1-13(2)14-6-10-17(11-7-14)21-19(23)12-18(22-26(3,24)25)15-4-8-16(20)9-5-15/h4-11,13,18,22H,12H2,1-3H3,(H,21,23)/t18-/m1/s1. The topological polar surface area (TPSA) is 75.3 Å². The SMILES string of the molecule is CC(C)c1ccc(NC(=O)C[C@@H](NS(C)(=O)=O)c2ccc(Cl)cc2)cc1. The normalized spacial score (nSPS) is 12.8. The molecule has 0 aromatic heterocycles. The van der Waals surface area contributed by atoms with Gasteiger partial charge in [0.1, 0.15) is 0 Å². The fraction of sp³-hybridized carbons (Fsp3) is 0.316. The molecule has 1 amide bonds. The van der Waals surface area contributed by atoms with Crippen LogP contribution in [0.3, 0.4) is 0 Å². The Balaban J connectivity index is 2.11. The molecule has 0 aliphatic rings. The van der Waals surface area contributed by atoms with Gasteiger partial charge in [-0.25, -0.2) is 13.1 Å². The van der Waals surface area contributed by atoms with Crippen LogP contribution in [0, 0.1) is 0 Å². The molecule has 2 N–H and O–H groups in total. The first-order valence-electron chi connectivity index (χ1n) is 8.26. The van der Waals surface area contributed by atoms with Crippen molar-refractivity contribution in [2.75, 3.05) is 11.6 Å². The zero-order valence-corrected chi connectivity index (χ0v) is 16.6. The van der Waals surface area contributed by atoms with Crippen molar-refractivity contribution in [1.82, 2.24) is 4.72 Å². The van der Waals surface area contributed by atoms with E-state index in [2.05, 4.69) is 23.9 Å². The van der Waals surface area contributed by atoms with E-state index in [-0.39, 0.29) is 12.3 Å². The van der Waals surface area contributed by atoms with Gasteiger partial charge in [-0.1, -0.05) is 49.7 Å². The number of nitrogens with one attached hydrogen (secondary N) is 2. The molecule has 0 saturated carbocycles. The predicted molar refractivity (Wildman–Crippen MR) is 106 cm³/mol. The predicted octanol–water partition coefficient (Wildman–Crippen LogP) is 4.08. The van der Waals surface area contributed by atoms with Crippen LogP contribution in [0.1, 0.15) is 43.4 Å². The van der Waals surface area contributed by atoms with Crippen molar-refractivity contribution in [3.63, 3.8) is 0 Å². The van der Waals surface area contributed by atoms with E-state index in [9.17, 15) is 13.2 Å². The molecular weight excluding hydrogens is 372 g/mol. The first-order chi connectivity index (χ1) is 12.1. The van der Waals surface area contributed by atoms with Crippen LogP contribution in [-0.4, -0.2) is 20.6 Å². The van der Waals surface area contributed by atoms with Crippen LogP contribution in [0.4, 0.5) is 5.69 Å². The van der Waals surface area contributed by atoms with Crippen LogP contribution in [0.2, 0.25) is 5.02 Å². The van der Waals surface area contributed by atoms with Crippen LogP contribution in [0.15, 0.2) is 48.5 Å². The fourth-order valence-corrected chi connectivity index (χ4v) is 3.39. The summed E-state index contributed by atoms with van der Waals surface area (Å²) in [5.41, 5.74) is 2.53. The van der Waals surface area contributed by atoms with Crippen molar-refractivity contribution in [2.45, 2.75) is 32.2 Å². The van der Waals surface area contributed by atoms with Crippen LogP contribution >= 0.6 is 11.6 Å². The third-order valence-corrected chi connectivity index (χ3v) is 4.84. The summed E-state index contributed by atoms with van der Waals surface area (Å²) in [5.74, 6) is 0.131. The second-order valence-corrected chi connectivity index (χ2v) is 8.74. The lowest BCUT2D eigenvalue weighted by Gasteiger charge is -2.18. The van der Waals surface area contributed by atoms with Gasteiger partial charge in [-0.2, -0.15) is 0 Å². The first-order valence-corrected chi connectivity index (χ1v) is 10.5. The Hall–Kier alpha value is -1.89. The average Bonchev–Trinajstić information content (AvgIpc) is 2.54. The van der Waals surface area contributed by atoms with E-state index in [0.29, 0.717) is 22.2 Å². The molecule has 0 aliphatic carbocycles. The highest BCUT2D eigenvalue weighted by atomic mass is 35.5. The molecule has 5 nitrogen and oxygen atoms in total. The van der Waals surface area contributed by atoms with Crippen molar-refractivity contribution in [3.05, 3.63) is 64.7 Å². The number of rotatable bonds is 7. The van der Waals surface area contributed by atoms with Crippen LogP contribution in [-0.2, 0) is 14.8 Å². The molecule has 2 aromatic rings. The van der Waals surface area contributed by atoms with E-state index in [1.807, 2.05) is 24.3 Å². The maximum Gasteiger partial charge on any atom is 0.226 e. The molecule has 26 heavy (non-hydrogen) atoms. The van der Waals surface area contributed by atoms with Crippen molar-refractivity contribution < 1.29 is 13.2 Å². The van der Waals surface area contributed by atoms with E-state index in [4.69, 9.17) is 11.6 Å². The van der Waals surface area contributed by atoms with E-state index in [1.54, 1.807) is 24.3 Å². The molecule has 0 unspecified atom stereocenters. The van der Waals surface area contributed by atoms with Gasteiger partial charge >= 0.3 is 0 Å². The summed E-state index contributed by atoms with van der Waals surface area (Å²) >= 11 is 5.88. The third kappa shape index (κ3) is 6.44. The number of sulfonamides is 1. The molecule has 2 rings (SSSR count). The number of anilines is 1. The molecule has 140 valence electrons. The van der Waals surface area contributed by atoms with Gasteiger partial charge in [0.2, 0.25) is 15.9 Å². The molecule has 0 bridgehead atoms. The summed E-state index contributed by atoms with van der Waals surface area (Å²) in [6.45, 7) is 4.20. The van der Waals surface area contributed by atoms with Gasteiger partial charge in [-0.15, -0.1) is 0 Å². The zero-order valence-electron chi connectivity index (χ0n) is 15.0. The minimum atomic E-state index is -3.48. The van der Waals surface area contributed by atoms with E-state index in [0.717, 1.165) is 6.26 Å². The van der Waals surface area contributed by atoms with E-state index in [1.165, 1.54) is 5.56 Å². The van der Waals surface area contributed by atoms with Gasteiger partial charge in [-0.3, -0.25) is 4.79 Å². The van der Waals surface area contributed by atoms with Gasteiger partial charge < -0.3 is 5.32 Å². The summed E-state index contributed by atoms with van der Waals surface area (Å²) in [4.78, 5) is 12.4. The molecular formula is C19H23ClN2O3S. The lowest BCUT2D eigenvalue weighted by atomic mass is 10.0. The molecule has 0 heterocycles. The summed E-state index contributed by atoms with van der Waals surface area (Å²) in [6, 6.07) is 13.7. The number of carbonyl (C=O) groups excluding carboxylic acids is 1. The van der Waals surface area contributed by atoms with Crippen molar-refractivity contribution >= 4 is 33.2 Å². The van der Waals surface area contributed by atoms with Gasteiger partial charge in [0.05, 0.1) is 12.3 Å². The minimum absolute atomic E-state index is 0.0271. The highest BCUT2D eigenvalue weighted by Gasteiger charge is 2.20. The fourth-order valence-electron chi connectivity index (χ4n) is 2.53. The average molecular weight is 395 g/mol. The number of hydrogen-bond donors (Lipinski definition) is 2. The lowest BCUT2D eigenvalue weighted by Crippen LogP contribution is -2.30. The number of halogens is 1. The van der Waals surface area contributed by atoms with Gasteiger partial charge in [0, 0.05) is 17.1 Å². The van der Waals surface area contributed by atoms with Crippen LogP contribution < -0.4 is 10.0 Å². The van der Waals surface area contributed by atoms with Crippen molar-refractivity contribution in [1.29, 1.82) is 0 Å². The Morgan fingerprint density at radius 3 is 2.04 bits per heavy atom. The Kier molecular flexibility index (Phi) is 6.81. The Bertz CT molecular complexity index is 847. The Morgan fingerprint density at radius 2 is 1.54 bits per heavy atom. The third-order valence-electron chi connectivity index (χ3n) is 3.88. The number of benzene rings is 2. The molecule has 0 radical (unpaired) electrons.